The highest BCUT2D eigenvalue weighted by molar-refractivity contribution is 6.00. The van der Waals surface area contributed by atoms with Crippen LogP contribution in [0.3, 0.4) is 0 Å². The van der Waals surface area contributed by atoms with Crippen LogP contribution in [-0.2, 0) is 0 Å². The summed E-state index contributed by atoms with van der Waals surface area (Å²) in [4.78, 5) is 0. The van der Waals surface area contributed by atoms with Gasteiger partial charge in [0.25, 0.3) is 0 Å². The second-order valence-corrected chi connectivity index (χ2v) is 5.14. The molecule has 4 nitrogen and oxygen atoms in total. The van der Waals surface area contributed by atoms with Crippen molar-refractivity contribution < 1.29 is 0 Å². The fourth-order valence-corrected chi connectivity index (χ4v) is 2.35. The van der Waals surface area contributed by atoms with Crippen molar-refractivity contribution in [3.8, 4) is 0 Å². The number of anilines is 1. The maximum Gasteiger partial charge on any atom is 0.172 e. The molecule has 0 saturated carbocycles. The molecule has 20 heavy (non-hydrogen) atoms. The van der Waals surface area contributed by atoms with Crippen molar-refractivity contribution in [1.29, 1.82) is 0 Å². The SMILES string of the molecule is Cc1cccc(C2=NN(c3cccc(C)c3)CN2N)c1. The number of hydrogen-bond donors (Lipinski definition) is 1. The molecule has 2 N–H and O–H groups in total. The second-order valence-electron chi connectivity index (χ2n) is 5.14. The molecule has 2 aromatic carbocycles. The zero-order valence-electron chi connectivity index (χ0n) is 11.7. The Balaban J connectivity index is 1.95. The summed E-state index contributed by atoms with van der Waals surface area (Å²) >= 11 is 0. The molecule has 1 aliphatic heterocycles. The van der Waals surface area contributed by atoms with E-state index in [1.54, 1.807) is 5.01 Å². The van der Waals surface area contributed by atoms with Gasteiger partial charge in [0.05, 0.1) is 5.69 Å². The lowest BCUT2D eigenvalue weighted by molar-refractivity contribution is 0.471. The standard InChI is InChI=1S/C16H18N4/c1-12-5-3-7-14(9-12)16-18-20(11-19(16)17)15-8-4-6-13(2)10-15/h3-10H,11,17H2,1-2H3. The fourth-order valence-electron chi connectivity index (χ4n) is 2.35. The Kier molecular flexibility index (Phi) is 3.16. The molecule has 1 heterocycles. The first kappa shape index (κ1) is 12.7. The number of benzene rings is 2. The lowest BCUT2D eigenvalue weighted by Crippen LogP contribution is -2.37. The highest BCUT2D eigenvalue weighted by Crippen LogP contribution is 2.21. The Labute approximate surface area is 119 Å². The number of hydrogen-bond acceptors (Lipinski definition) is 4. The summed E-state index contributed by atoms with van der Waals surface area (Å²) in [6, 6.07) is 16.5. The van der Waals surface area contributed by atoms with Gasteiger partial charge in [-0.3, -0.25) is 5.01 Å². The number of rotatable bonds is 2. The lowest BCUT2D eigenvalue weighted by atomic mass is 10.1. The van der Waals surface area contributed by atoms with Crippen LogP contribution in [0.5, 0.6) is 0 Å². The van der Waals surface area contributed by atoms with Crippen LogP contribution in [0, 0.1) is 13.8 Å². The predicted molar refractivity (Wildman–Crippen MR) is 82.3 cm³/mol. The molecule has 0 amide bonds. The van der Waals surface area contributed by atoms with Crippen LogP contribution in [0.25, 0.3) is 0 Å². The molecule has 102 valence electrons. The maximum atomic E-state index is 6.09. The third-order valence-corrected chi connectivity index (χ3v) is 3.35. The highest BCUT2D eigenvalue weighted by atomic mass is 15.7. The maximum absolute atomic E-state index is 6.09. The van der Waals surface area contributed by atoms with E-state index < -0.39 is 0 Å². The molecule has 0 saturated heterocycles. The van der Waals surface area contributed by atoms with E-state index in [-0.39, 0.29) is 0 Å². The fraction of sp³-hybridized carbons (Fsp3) is 0.188. The molecule has 3 rings (SSSR count). The van der Waals surface area contributed by atoms with Gasteiger partial charge in [-0.05, 0) is 37.6 Å². The first-order valence-electron chi connectivity index (χ1n) is 6.65. The van der Waals surface area contributed by atoms with Gasteiger partial charge < -0.3 is 0 Å². The third kappa shape index (κ3) is 2.38. The summed E-state index contributed by atoms with van der Waals surface area (Å²) in [5.74, 6) is 6.89. The van der Waals surface area contributed by atoms with E-state index >= 15 is 0 Å². The van der Waals surface area contributed by atoms with E-state index in [0.717, 1.165) is 17.1 Å². The summed E-state index contributed by atoms with van der Waals surface area (Å²) in [5.41, 5.74) is 4.52. The molecule has 1 aliphatic rings. The van der Waals surface area contributed by atoms with Crippen LogP contribution in [0.4, 0.5) is 5.69 Å². The van der Waals surface area contributed by atoms with Crippen molar-refractivity contribution in [2.24, 2.45) is 10.9 Å². The molecule has 0 atom stereocenters. The van der Waals surface area contributed by atoms with Gasteiger partial charge in [-0.25, -0.2) is 10.9 Å². The minimum absolute atomic E-state index is 0.562. The first-order chi connectivity index (χ1) is 9.63. The van der Waals surface area contributed by atoms with Gasteiger partial charge in [0.1, 0.15) is 6.67 Å². The third-order valence-electron chi connectivity index (χ3n) is 3.35. The van der Waals surface area contributed by atoms with Crippen molar-refractivity contribution in [2.45, 2.75) is 13.8 Å². The highest BCUT2D eigenvalue weighted by Gasteiger charge is 2.22. The van der Waals surface area contributed by atoms with Crippen molar-refractivity contribution in [3.05, 3.63) is 65.2 Å². The zero-order valence-corrected chi connectivity index (χ0v) is 11.7. The molecule has 2 aromatic rings. The van der Waals surface area contributed by atoms with Crippen LogP contribution < -0.4 is 10.9 Å². The van der Waals surface area contributed by atoms with Gasteiger partial charge in [-0.2, -0.15) is 5.10 Å². The van der Waals surface area contributed by atoms with Crippen LogP contribution in [0.1, 0.15) is 16.7 Å². The number of hydrazone groups is 1. The average Bonchev–Trinajstić information content (AvgIpc) is 2.81. The molecular formula is C16H18N4. The van der Waals surface area contributed by atoms with Gasteiger partial charge in [0.2, 0.25) is 0 Å². The van der Waals surface area contributed by atoms with Crippen molar-refractivity contribution in [3.63, 3.8) is 0 Å². The Bertz CT molecular complexity index is 663. The number of aryl methyl sites for hydroxylation is 2. The van der Waals surface area contributed by atoms with Crippen LogP contribution >= 0.6 is 0 Å². The predicted octanol–water partition coefficient (Wildman–Crippen LogP) is 2.62. The number of nitrogens with two attached hydrogens (primary N) is 1. The van der Waals surface area contributed by atoms with Gasteiger partial charge in [0, 0.05) is 5.56 Å². The van der Waals surface area contributed by atoms with Crippen molar-refractivity contribution >= 4 is 11.5 Å². The van der Waals surface area contributed by atoms with E-state index in [2.05, 4.69) is 43.2 Å². The van der Waals surface area contributed by atoms with E-state index in [4.69, 9.17) is 5.84 Å². The Morgan fingerprint density at radius 3 is 2.40 bits per heavy atom. The summed E-state index contributed by atoms with van der Waals surface area (Å²) < 4.78 is 0. The molecule has 0 fully saturated rings. The molecule has 4 heteroatoms. The Hall–Kier alpha value is -2.33. The largest absolute Gasteiger partial charge is 0.271 e. The van der Waals surface area contributed by atoms with Gasteiger partial charge in [-0.1, -0.05) is 35.9 Å². The van der Waals surface area contributed by atoms with Gasteiger partial charge in [0.15, 0.2) is 5.84 Å². The van der Waals surface area contributed by atoms with Crippen molar-refractivity contribution in [2.75, 3.05) is 11.7 Å². The lowest BCUT2D eigenvalue weighted by Gasteiger charge is -2.16. The van der Waals surface area contributed by atoms with E-state index in [0.29, 0.717) is 6.67 Å². The average molecular weight is 266 g/mol. The van der Waals surface area contributed by atoms with Gasteiger partial charge in [-0.15, -0.1) is 0 Å². The molecule has 0 radical (unpaired) electrons. The molecular weight excluding hydrogens is 248 g/mol. The van der Waals surface area contributed by atoms with Crippen LogP contribution in [0.2, 0.25) is 0 Å². The summed E-state index contributed by atoms with van der Waals surface area (Å²) in [6.07, 6.45) is 0. The molecule has 0 unspecified atom stereocenters. The van der Waals surface area contributed by atoms with E-state index in [1.165, 1.54) is 11.1 Å². The number of hydrazine groups is 1. The number of nitrogens with zero attached hydrogens (tertiary/aromatic N) is 3. The van der Waals surface area contributed by atoms with E-state index in [9.17, 15) is 0 Å². The second kappa shape index (κ2) is 4.98. The minimum atomic E-state index is 0.562. The summed E-state index contributed by atoms with van der Waals surface area (Å²) in [7, 11) is 0. The monoisotopic (exact) mass is 266 g/mol. The number of amidine groups is 1. The molecule has 0 bridgehead atoms. The molecule has 0 aromatic heterocycles. The minimum Gasteiger partial charge on any atom is -0.271 e. The normalized spacial score (nSPS) is 14.7. The smallest absolute Gasteiger partial charge is 0.172 e. The van der Waals surface area contributed by atoms with Crippen LogP contribution in [-0.4, -0.2) is 17.5 Å². The molecule has 0 aliphatic carbocycles. The Morgan fingerprint density at radius 1 is 1.00 bits per heavy atom. The zero-order chi connectivity index (χ0) is 14.1. The van der Waals surface area contributed by atoms with Gasteiger partial charge >= 0.3 is 0 Å². The quantitative estimate of drug-likeness (QED) is 0.850. The van der Waals surface area contributed by atoms with Crippen molar-refractivity contribution in [1.82, 2.24) is 5.01 Å². The summed E-state index contributed by atoms with van der Waals surface area (Å²) in [6.45, 7) is 4.70. The van der Waals surface area contributed by atoms with Crippen LogP contribution in [0.15, 0.2) is 53.6 Å². The summed E-state index contributed by atoms with van der Waals surface area (Å²) in [5, 5.41) is 8.24. The Morgan fingerprint density at radius 2 is 1.70 bits per heavy atom. The molecule has 0 spiro atoms. The topological polar surface area (TPSA) is 44.9 Å². The first-order valence-corrected chi connectivity index (χ1v) is 6.65. The van der Waals surface area contributed by atoms with E-state index in [1.807, 2.05) is 29.3 Å².